The topological polar surface area (TPSA) is 9.23 Å². The van der Waals surface area contributed by atoms with Crippen molar-refractivity contribution in [1.29, 1.82) is 0 Å². The average molecular weight is 160 g/mol. The summed E-state index contributed by atoms with van der Waals surface area (Å²) < 4.78 is 5.47. The fourth-order valence-electron chi connectivity index (χ4n) is 0.552. The Morgan fingerprint density at radius 2 is 2.22 bits per heavy atom. The highest BCUT2D eigenvalue weighted by Gasteiger charge is 2.17. The van der Waals surface area contributed by atoms with Gasteiger partial charge in [-0.25, -0.2) is 0 Å². The van der Waals surface area contributed by atoms with Gasteiger partial charge in [0.05, 0.1) is 0 Å². The summed E-state index contributed by atoms with van der Waals surface area (Å²) >= 11 is 0. The van der Waals surface area contributed by atoms with Crippen molar-refractivity contribution in [3.05, 3.63) is 12.7 Å². The molecule has 0 aliphatic heterocycles. The third-order valence-corrected chi connectivity index (χ3v) is 7.42. The van der Waals surface area contributed by atoms with Gasteiger partial charge in [0, 0.05) is 0 Å². The van der Waals surface area contributed by atoms with Crippen LogP contribution in [0.1, 0.15) is 6.42 Å². The van der Waals surface area contributed by atoms with Crippen molar-refractivity contribution in [2.45, 2.75) is 25.6 Å². The first-order valence-electron chi connectivity index (χ1n) is 3.28. The second kappa shape index (κ2) is 4.03. The highest BCUT2D eigenvalue weighted by atomic mass is 28.4. The predicted molar refractivity (Wildman–Crippen MR) is 48.1 cm³/mol. The number of hydrogen-bond donors (Lipinski definition) is 0. The van der Waals surface area contributed by atoms with Gasteiger partial charge in [0.2, 0.25) is 0 Å². The summed E-state index contributed by atoms with van der Waals surface area (Å²) in [6.45, 7) is 8.18. The first-order valence-corrected chi connectivity index (χ1v) is 7.21. The van der Waals surface area contributed by atoms with Crippen LogP contribution in [-0.2, 0) is 4.12 Å². The van der Waals surface area contributed by atoms with Gasteiger partial charge in [0.1, 0.15) is 10.5 Å². The summed E-state index contributed by atoms with van der Waals surface area (Å²) in [4.78, 5) is 0. The molecule has 0 rings (SSSR count). The van der Waals surface area contributed by atoms with Crippen LogP contribution < -0.4 is 0 Å². The van der Waals surface area contributed by atoms with E-state index in [-0.39, 0.29) is 0 Å². The molecular formula is C6H16OSi2. The summed E-state index contributed by atoms with van der Waals surface area (Å²) in [6.07, 6.45) is 3.08. The molecule has 0 heterocycles. The molecule has 3 heteroatoms. The van der Waals surface area contributed by atoms with Crippen LogP contribution >= 0.6 is 0 Å². The number of hydrogen-bond acceptors (Lipinski definition) is 1. The van der Waals surface area contributed by atoms with E-state index in [0.29, 0.717) is 0 Å². The second-order valence-corrected chi connectivity index (χ2v) is 8.44. The summed E-state index contributed by atoms with van der Waals surface area (Å²) in [5, 5.41) is 0. The molecule has 0 radical (unpaired) electrons. The van der Waals surface area contributed by atoms with Gasteiger partial charge in [-0.3, -0.25) is 0 Å². The molecule has 0 atom stereocenters. The number of allylic oxidation sites excluding steroid dienone is 1. The van der Waals surface area contributed by atoms with E-state index in [2.05, 4.69) is 19.7 Å². The van der Waals surface area contributed by atoms with Gasteiger partial charge in [0.15, 0.2) is 8.32 Å². The summed E-state index contributed by atoms with van der Waals surface area (Å²) in [5.41, 5.74) is 0. The van der Waals surface area contributed by atoms with E-state index in [1.165, 1.54) is 6.04 Å². The fraction of sp³-hybridized carbons (Fsp3) is 0.667. The van der Waals surface area contributed by atoms with Gasteiger partial charge in [-0.2, -0.15) is 0 Å². The van der Waals surface area contributed by atoms with E-state index in [9.17, 15) is 0 Å². The van der Waals surface area contributed by atoms with E-state index in [4.69, 9.17) is 4.12 Å². The Labute approximate surface area is 61.8 Å². The van der Waals surface area contributed by atoms with Crippen LogP contribution in [0.3, 0.4) is 0 Å². The molecule has 9 heavy (non-hydrogen) atoms. The smallest absolute Gasteiger partial charge is 0.173 e. The summed E-state index contributed by atoms with van der Waals surface area (Å²) in [6, 6.07) is 1.22. The van der Waals surface area contributed by atoms with Crippen molar-refractivity contribution < 1.29 is 4.12 Å². The van der Waals surface area contributed by atoms with Gasteiger partial charge < -0.3 is 4.12 Å². The van der Waals surface area contributed by atoms with Gasteiger partial charge >= 0.3 is 0 Å². The molecule has 0 aromatic carbocycles. The van der Waals surface area contributed by atoms with Crippen molar-refractivity contribution >= 4 is 18.8 Å². The van der Waals surface area contributed by atoms with Crippen LogP contribution in [0.5, 0.6) is 0 Å². The minimum absolute atomic E-state index is 0.892. The highest BCUT2D eigenvalue weighted by molar-refractivity contribution is 6.73. The minimum Gasteiger partial charge on any atom is -0.463 e. The van der Waals surface area contributed by atoms with Crippen LogP contribution in [0, 0.1) is 0 Å². The first-order chi connectivity index (χ1) is 4.12. The van der Waals surface area contributed by atoms with Crippen LogP contribution in [-0.4, -0.2) is 18.8 Å². The lowest BCUT2D eigenvalue weighted by Crippen LogP contribution is -2.28. The van der Waals surface area contributed by atoms with Crippen LogP contribution in [0.4, 0.5) is 0 Å². The molecule has 0 amide bonds. The van der Waals surface area contributed by atoms with Gasteiger partial charge in [-0.15, -0.1) is 6.58 Å². The van der Waals surface area contributed by atoms with E-state index in [1.807, 2.05) is 6.08 Å². The zero-order chi connectivity index (χ0) is 7.33. The first kappa shape index (κ1) is 9.13. The van der Waals surface area contributed by atoms with Crippen molar-refractivity contribution in [2.24, 2.45) is 0 Å². The minimum atomic E-state index is -1.21. The highest BCUT2D eigenvalue weighted by Crippen LogP contribution is 2.11. The molecule has 0 aliphatic carbocycles. The van der Waals surface area contributed by atoms with Crippen LogP contribution in [0.15, 0.2) is 12.7 Å². The zero-order valence-corrected chi connectivity index (χ0v) is 9.61. The van der Waals surface area contributed by atoms with E-state index in [1.54, 1.807) is 0 Å². The molecule has 0 bridgehead atoms. The normalized spacial score (nSPS) is 11.8. The van der Waals surface area contributed by atoms with Gasteiger partial charge in [-0.1, -0.05) is 6.08 Å². The molecule has 0 spiro atoms. The quantitative estimate of drug-likeness (QED) is 0.441. The lowest BCUT2D eigenvalue weighted by Gasteiger charge is -2.19. The molecule has 0 aromatic heterocycles. The third-order valence-electron chi connectivity index (χ3n) is 1.50. The van der Waals surface area contributed by atoms with Gasteiger partial charge in [0.25, 0.3) is 0 Å². The van der Waals surface area contributed by atoms with Crippen LogP contribution in [0.2, 0.25) is 19.1 Å². The maximum atomic E-state index is 5.47. The van der Waals surface area contributed by atoms with Crippen molar-refractivity contribution in [3.8, 4) is 0 Å². The van der Waals surface area contributed by atoms with Crippen molar-refractivity contribution in [1.82, 2.24) is 0 Å². The Hall–Kier alpha value is 0.134. The molecule has 0 fully saturated rings. The SMILES string of the molecule is C=CCC[Si](C)(C)O[SiH3]. The molecule has 54 valence electrons. The molecule has 0 aromatic rings. The molecule has 0 N–H and O–H groups in total. The predicted octanol–water partition coefficient (Wildman–Crippen LogP) is 1.06. The summed E-state index contributed by atoms with van der Waals surface area (Å²) in [7, 11) is -0.316. The van der Waals surface area contributed by atoms with Gasteiger partial charge in [-0.05, 0) is 25.6 Å². The molecule has 0 unspecified atom stereocenters. The maximum absolute atomic E-state index is 5.47. The standard InChI is InChI=1S/C6H16OSi2/c1-4-5-6-9(2,3)7-8/h4H,1,5-6H2,2-3,8H3. The zero-order valence-electron chi connectivity index (χ0n) is 6.61. The molecule has 0 saturated heterocycles. The Balaban J connectivity index is 3.44. The van der Waals surface area contributed by atoms with E-state index >= 15 is 0 Å². The van der Waals surface area contributed by atoms with Crippen molar-refractivity contribution in [3.63, 3.8) is 0 Å². The molecule has 0 aliphatic rings. The third kappa shape index (κ3) is 4.63. The van der Waals surface area contributed by atoms with Crippen LogP contribution in [0.25, 0.3) is 0 Å². The van der Waals surface area contributed by atoms with E-state index in [0.717, 1.165) is 16.9 Å². The Morgan fingerprint density at radius 1 is 1.67 bits per heavy atom. The summed E-state index contributed by atoms with van der Waals surface area (Å²) in [5.74, 6) is 0. The molecular weight excluding hydrogens is 144 g/mol. The number of rotatable bonds is 4. The average Bonchev–Trinajstić information content (AvgIpc) is 1.84. The monoisotopic (exact) mass is 160 g/mol. The van der Waals surface area contributed by atoms with Crippen molar-refractivity contribution in [2.75, 3.05) is 0 Å². The molecule has 0 saturated carbocycles. The lowest BCUT2D eigenvalue weighted by atomic mass is 10.5. The molecule has 1 nitrogen and oxygen atoms in total. The van der Waals surface area contributed by atoms with E-state index < -0.39 is 8.32 Å². The Morgan fingerprint density at radius 3 is 2.56 bits per heavy atom. The Kier molecular flexibility index (Phi) is 4.09. The lowest BCUT2D eigenvalue weighted by molar-refractivity contribution is 0.605. The second-order valence-electron chi connectivity index (χ2n) is 2.79. The largest absolute Gasteiger partial charge is 0.463 e. The Bertz CT molecular complexity index is 91.1. The fourth-order valence-corrected chi connectivity index (χ4v) is 2.27. The maximum Gasteiger partial charge on any atom is 0.173 e.